The van der Waals surface area contributed by atoms with Crippen molar-refractivity contribution in [2.45, 2.75) is 43.5 Å². The first-order valence-electron chi connectivity index (χ1n) is 12.3. The van der Waals surface area contributed by atoms with Gasteiger partial charge in [0.2, 0.25) is 13.5 Å². The Bertz CT molecular complexity index is 1640. The molecule has 0 amide bonds. The molecule has 7 heterocycles. The highest BCUT2D eigenvalue weighted by Gasteiger charge is 2.51. The Labute approximate surface area is 237 Å². The zero-order chi connectivity index (χ0) is 28.2. The van der Waals surface area contributed by atoms with E-state index in [1.54, 1.807) is 0 Å². The predicted octanol–water partition coefficient (Wildman–Crippen LogP) is 1.33. The first-order valence-corrected chi connectivity index (χ1v) is 15.5. The second kappa shape index (κ2) is 10.9. The minimum Gasteiger partial charge on any atom is -0.383 e. The smallest absolute Gasteiger partial charge is 0.282 e. The molecule has 0 aliphatic carbocycles. The third-order valence-corrected chi connectivity index (χ3v) is 9.05. The fourth-order valence-electron chi connectivity index (χ4n) is 5.06. The van der Waals surface area contributed by atoms with Gasteiger partial charge in [-0.2, -0.15) is 9.67 Å². The van der Waals surface area contributed by atoms with Crippen LogP contribution in [0.15, 0.2) is 23.4 Å². The monoisotopic (exact) mass is 628 g/mol. The molecule has 218 valence electrons. The minimum absolute atomic E-state index is 0.0141. The molecule has 0 spiro atoms. The summed E-state index contributed by atoms with van der Waals surface area (Å²) in [6.07, 6.45) is -2.61. The molecule has 0 aromatic carbocycles. The van der Waals surface area contributed by atoms with Crippen LogP contribution in [0.3, 0.4) is 0 Å². The van der Waals surface area contributed by atoms with Gasteiger partial charge in [-0.3, -0.25) is 9.78 Å². The van der Waals surface area contributed by atoms with Gasteiger partial charge in [-0.25, -0.2) is 14.4 Å². The highest BCUT2D eigenvalue weighted by molar-refractivity contribution is 8.41. The molecule has 9 atom stereocenters. The first kappa shape index (κ1) is 27.2. The van der Waals surface area contributed by atoms with Gasteiger partial charge in [0.15, 0.2) is 38.9 Å². The maximum absolute atomic E-state index is 15.6. The summed E-state index contributed by atoms with van der Waals surface area (Å²) in [5, 5.41) is 8.49. The number of nitrogens with two attached hydrogens (primary N) is 2. The van der Waals surface area contributed by atoms with Gasteiger partial charge in [0.25, 0.3) is 5.56 Å². The molecule has 5 N–H and O–H groups in total. The second-order valence-corrected chi connectivity index (χ2v) is 12.1. The summed E-state index contributed by atoms with van der Waals surface area (Å²) in [6, 6.07) is 1.84. The van der Waals surface area contributed by atoms with Crippen LogP contribution in [0.5, 0.6) is 0 Å². The average Bonchev–Trinajstić information content (AvgIpc) is 3.71. The lowest BCUT2D eigenvalue weighted by atomic mass is 10.0. The zero-order valence-electron chi connectivity index (χ0n) is 20.8. The molecule has 4 aromatic heterocycles. The Balaban J connectivity index is 1.11. The zero-order valence-corrected chi connectivity index (χ0v) is 23.6. The van der Waals surface area contributed by atoms with Gasteiger partial charge in [-0.05, 0) is 6.07 Å². The highest BCUT2D eigenvalue weighted by Crippen LogP contribution is 2.51. The average molecular weight is 628 g/mol. The normalized spacial score (nSPS) is 33.5. The van der Waals surface area contributed by atoms with Crippen LogP contribution in [0.25, 0.3) is 22.2 Å². The number of thiol groups is 1. The summed E-state index contributed by atoms with van der Waals surface area (Å²) >= 11 is 4.44. The Morgan fingerprint density at radius 1 is 1.22 bits per heavy atom. The standard InChI is InChI=1S/C20H23FN10O7P2S/c21-11-13-18(31-16-12(28-29-31)17(32)27-20(23)26-16)36-19(11)37-39-33-4-7-3-10(35-9(7)5-34-40(41)38-13)30-2-1-8-14(22)24-6-25-15(8)30/h1-2,6-7,9-11,13,18-19,39,41H,3-5H2,(H2,22,24,25)(H3,23,26,27,32)/t7-,9-,10-,11+,13+,18-,19?,40?/m1/s1. The second-order valence-electron chi connectivity index (χ2n) is 9.46. The maximum atomic E-state index is 15.6. The minimum atomic E-state index is -1.93. The van der Waals surface area contributed by atoms with Crippen molar-refractivity contribution in [1.82, 2.24) is 39.5 Å². The van der Waals surface area contributed by atoms with E-state index in [-0.39, 0.29) is 42.5 Å². The van der Waals surface area contributed by atoms with E-state index in [4.69, 9.17) is 39.0 Å². The third-order valence-electron chi connectivity index (χ3n) is 7.02. The van der Waals surface area contributed by atoms with Crippen LogP contribution in [0.2, 0.25) is 0 Å². The fourth-order valence-corrected chi connectivity index (χ4v) is 6.98. The molecule has 3 aliphatic rings. The van der Waals surface area contributed by atoms with E-state index in [1.807, 2.05) is 16.8 Å². The lowest BCUT2D eigenvalue weighted by Gasteiger charge is -2.24. The Morgan fingerprint density at radius 3 is 2.98 bits per heavy atom. The number of nitrogens with one attached hydrogen (secondary N) is 1. The van der Waals surface area contributed by atoms with Crippen molar-refractivity contribution < 1.29 is 32.0 Å². The van der Waals surface area contributed by atoms with E-state index in [9.17, 15) is 4.79 Å². The van der Waals surface area contributed by atoms with Crippen molar-refractivity contribution in [2.24, 2.45) is 5.92 Å². The van der Waals surface area contributed by atoms with Crippen molar-refractivity contribution in [3.05, 3.63) is 28.9 Å². The number of rotatable bonds is 2. The number of nitrogen functional groups attached to an aromatic ring is 2. The van der Waals surface area contributed by atoms with E-state index >= 15 is 4.39 Å². The highest BCUT2D eigenvalue weighted by atomic mass is 32.7. The molecule has 17 nitrogen and oxygen atoms in total. The van der Waals surface area contributed by atoms with Gasteiger partial charge < -0.3 is 43.6 Å². The summed E-state index contributed by atoms with van der Waals surface area (Å²) in [5.41, 5.74) is 11.6. The molecule has 21 heteroatoms. The van der Waals surface area contributed by atoms with Crippen LogP contribution >= 0.6 is 28.9 Å². The Morgan fingerprint density at radius 2 is 2.10 bits per heavy atom. The summed E-state index contributed by atoms with van der Waals surface area (Å²) in [7, 11) is -2.49. The van der Waals surface area contributed by atoms with Gasteiger partial charge in [-0.1, -0.05) is 17.5 Å². The summed E-state index contributed by atoms with van der Waals surface area (Å²) < 4.78 is 53.9. The molecule has 3 unspecified atom stereocenters. The molecular weight excluding hydrogens is 605 g/mol. The number of H-pyrrole nitrogens is 1. The molecule has 0 saturated carbocycles. The number of anilines is 2. The topological polar surface area (TPSA) is 215 Å². The van der Waals surface area contributed by atoms with Crippen molar-refractivity contribution in [3.63, 3.8) is 0 Å². The molecule has 41 heavy (non-hydrogen) atoms. The lowest BCUT2D eigenvalue weighted by molar-refractivity contribution is -0.117. The third kappa shape index (κ3) is 4.94. The van der Waals surface area contributed by atoms with Crippen LogP contribution < -0.4 is 17.0 Å². The van der Waals surface area contributed by atoms with Crippen molar-refractivity contribution in [1.29, 1.82) is 0 Å². The van der Waals surface area contributed by atoms with Crippen LogP contribution in [-0.2, 0) is 27.6 Å². The van der Waals surface area contributed by atoms with Gasteiger partial charge in [0, 0.05) is 18.5 Å². The number of ether oxygens (including phenoxy) is 2. The van der Waals surface area contributed by atoms with Crippen molar-refractivity contribution in [2.75, 3.05) is 24.7 Å². The summed E-state index contributed by atoms with van der Waals surface area (Å²) in [5.74, 6) is 0.119. The molecule has 3 fully saturated rings. The van der Waals surface area contributed by atoms with Crippen LogP contribution in [-0.4, -0.2) is 77.4 Å². The number of nitrogens with zero attached hydrogens (tertiary/aromatic N) is 7. The maximum Gasteiger partial charge on any atom is 0.282 e. The van der Waals surface area contributed by atoms with Gasteiger partial charge in [0.1, 0.15) is 30.1 Å². The predicted molar refractivity (Wildman–Crippen MR) is 145 cm³/mol. The number of hydrogen-bond acceptors (Lipinski definition) is 15. The Kier molecular flexibility index (Phi) is 7.25. The number of alkyl halides is 1. The summed E-state index contributed by atoms with van der Waals surface area (Å²) in [4.78, 5) is 27.0. The van der Waals surface area contributed by atoms with Gasteiger partial charge in [0.05, 0.1) is 24.7 Å². The number of fused-ring (bicyclic) bond motifs is 5. The van der Waals surface area contributed by atoms with E-state index in [0.717, 1.165) is 10.1 Å². The molecule has 3 saturated heterocycles. The van der Waals surface area contributed by atoms with E-state index in [0.29, 0.717) is 17.9 Å². The van der Waals surface area contributed by atoms with Crippen molar-refractivity contribution in [3.8, 4) is 0 Å². The summed E-state index contributed by atoms with van der Waals surface area (Å²) in [6.45, 7) is 0.346. The molecule has 0 radical (unpaired) electrons. The van der Waals surface area contributed by atoms with Crippen molar-refractivity contribution >= 4 is 62.8 Å². The van der Waals surface area contributed by atoms with Crippen LogP contribution in [0.4, 0.5) is 16.2 Å². The quantitative estimate of drug-likeness (QED) is 0.182. The van der Waals surface area contributed by atoms with Gasteiger partial charge in [-0.15, -0.1) is 5.10 Å². The SMILES string of the molecule is Nc1nc2c(nnn2[C@@H]2OC3OPOC[C@H]4C[C@H](n5ccc6c(N)ncnc65)O[C@@H]4COP(S)O[C@H]2[C@@H]3F)c(=O)[nH]1. The molecule has 7 rings (SSSR count). The largest absolute Gasteiger partial charge is 0.383 e. The van der Waals surface area contributed by atoms with Crippen LogP contribution in [0.1, 0.15) is 18.9 Å². The number of aromatic amines is 1. The fraction of sp³-hybridized carbons (Fsp3) is 0.500. The molecule has 4 aromatic rings. The molecule has 2 bridgehead atoms. The number of aromatic nitrogens is 8. The van der Waals surface area contributed by atoms with Crippen LogP contribution in [0, 0.1) is 5.92 Å². The number of hydrogen-bond donors (Lipinski definition) is 4. The molecule has 3 aliphatic heterocycles. The molecular formula is C20H23FN10O7P2S. The number of halogens is 1. The van der Waals surface area contributed by atoms with Gasteiger partial charge >= 0.3 is 0 Å². The van der Waals surface area contributed by atoms with E-state index in [1.165, 1.54) is 6.33 Å². The lowest BCUT2D eigenvalue weighted by Crippen LogP contribution is -2.30. The van der Waals surface area contributed by atoms with E-state index < -0.39 is 53.1 Å². The first-order chi connectivity index (χ1) is 19.9. The Hall–Kier alpha value is -2.60. The van der Waals surface area contributed by atoms with E-state index in [2.05, 4.69) is 42.5 Å².